The van der Waals surface area contributed by atoms with Crippen LogP contribution in [0, 0.1) is 30.2 Å². The molecule has 105 heavy (non-hydrogen) atoms. The number of fused-ring (bicyclic) bond motifs is 2. The van der Waals surface area contributed by atoms with Gasteiger partial charge >= 0.3 is 12.4 Å². The monoisotopic (exact) mass is 1530 g/mol. The highest BCUT2D eigenvalue weighted by molar-refractivity contribution is 7.98. The number of ether oxygens (including phenoxy) is 2. The highest BCUT2D eigenvalue weighted by Gasteiger charge is 2.34. The number of piperidine rings is 2. The summed E-state index contributed by atoms with van der Waals surface area (Å²) in [6.07, 6.45) is -27.9. The maximum absolute atomic E-state index is 16.0. The van der Waals surface area contributed by atoms with E-state index in [1.165, 1.54) is 42.5 Å². The van der Waals surface area contributed by atoms with Crippen molar-refractivity contribution in [3.63, 3.8) is 0 Å². The summed E-state index contributed by atoms with van der Waals surface area (Å²) in [6.45, 7) is -37.3. The van der Waals surface area contributed by atoms with E-state index in [-0.39, 0.29) is 43.6 Å². The summed E-state index contributed by atoms with van der Waals surface area (Å²) >= 11 is -0.893. The number of para-hydroxylation sites is 2. The van der Waals surface area contributed by atoms with Gasteiger partial charge in [0.2, 0.25) is 11.8 Å². The van der Waals surface area contributed by atoms with Crippen LogP contribution in [-0.2, 0) is 68.9 Å². The standard InChI is InChI=1S/C41H40F5N3O3S.C40H38F5N3O3S/c1-27-22-29(28-12-14-32(15-13-28)41(44,45)46)10-11-30(27)24-48(33-16-18-47(19-17-33)20-21-52-2)38(51)25-49-36-9-4-3-7-34(36)37(50)23-39(49)53-26-31-6-5-8-35(42)40(31)43;1-51-22-21-46-19-17-32(18-20-46)47(24-27-9-11-28(12-10-27)29-13-15-31(16-14-29)40(43,44)45)37(50)25-48-35-8-3-2-6-33(35)36(49)23-38(48)52-26-30-5-4-7-34(41)39(30)42/h3-15,22-23,33H,16-21,24-26H2,1-2H3;2-16,23,32H,17-22,24-26H2,1H3/i3D,4D,5D,6D,7D,8D,9D,10D,11D,12D,13D,14D,15D,16D2,17D2,18D2,19D2,21D2,22D,23D,25D2,26D2,33D;17D2,18D2,19D2,20D2,22D2,25D2,26D2,32D. The van der Waals surface area contributed by atoms with Gasteiger partial charge in [0.15, 0.2) is 34.1 Å². The predicted molar refractivity (Wildman–Crippen MR) is 391 cm³/mol. The molecule has 550 valence electrons. The number of amides is 2. The van der Waals surface area contributed by atoms with Crippen molar-refractivity contribution in [3.8, 4) is 22.3 Å². The fraction of sp³-hybridized carbons (Fsp3) is 0.309. The van der Waals surface area contributed by atoms with Gasteiger partial charge in [-0.2, -0.15) is 26.3 Å². The minimum Gasteiger partial charge on any atom is -0.383 e. The fourth-order valence-electron chi connectivity index (χ4n) is 9.29. The Labute approximate surface area is 673 Å². The molecule has 0 spiro atoms. The van der Waals surface area contributed by atoms with Crippen LogP contribution in [-0.4, -0.2) is 119 Å². The molecule has 4 heterocycles. The predicted octanol–water partition coefficient (Wildman–Crippen LogP) is 17.1. The Morgan fingerprint density at radius 3 is 1.71 bits per heavy atom. The first kappa shape index (κ1) is 38.0. The van der Waals surface area contributed by atoms with E-state index in [0.29, 0.717) is 23.8 Å². The number of likely N-dealkylation sites (tertiary alicyclic amines) is 2. The molecule has 0 unspecified atom stereocenters. The number of thioether (sulfide) groups is 2. The van der Waals surface area contributed by atoms with Crippen molar-refractivity contribution in [1.82, 2.24) is 28.7 Å². The molecule has 2 aliphatic rings. The lowest BCUT2D eigenvalue weighted by Gasteiger charge is -2.39. The van der Waals surface area contributed by atoms with Gasteiger partial charge in [-0.25, -0.2) is 17.6 Å². The summed E-state index contributed by atoms with van der Waals surface area (Å²) < 4.78 is 550. The van der Waals surface area contributed by atoms with Crippen molar-refractivity contribution in [2.75, 3.05) is 66.4 Å². The summed E-state index contributed by atoms with van der Waals surface area (Å²) in [5.41, 5.74) is -21.8. The van der Waals surface area contributed by atoms with Crippen molar-refractivity contribution < 1.29 is 125 Å². The molecule has 0 bridgehead atoms. The number of methoxy groups -OCH3 is 2. The number of hydrogen-bond donors (Lipinski definition) is 0. The fourth-order valence-corrected chi connectivity index (χ4v) is 10.8. The van der Waals surface area contributed by atoms with Crippen LogP contribution in [0.4, 0.5) is 43.9 Å². The van der Waals surface area contributed by atoms with Gasteiger partial charge in [0, 0.05) is 151 Å². The van der Waals surface area contributed by atoms with Crippen LogP contribution in [0.3, 0.4) is 0 Å². The number of aromatic nitrogens is 2. The first-order valence-electron chi connectivity index (χ1n) is 52.3. The zero-order valence-electron chi connectivity index (χ0n) is 98.8. The molecule has 24 heteroatoms. The largest absolute Gasteiger partial charge is 0.416 e. The van der Waals surface area contributed by atoms with Crippen molar-refractivity contribution in [2.24, 2.45) is 0 Å². The third-order valence-electron chi connectivity index (χ3n) is 14.5. The Morgan fingerprint density at radius 1 is 0.543 bits per heavy atom. The van der Waals surface area contributed by atoms with Gasteiger partial charge < -0.3 is 38.2 Å². The van der Waals surface area contributed by atoms with E-state index in [9.17, 15) is 59.5 Å². The number of carbonyl (C=O) groups excluding carboxylic acids is 2. The Morgan fingerprint density at radius 2 is 1.10 bits per heavy atom. The Bertz CT molecular complexity index is 7130. The van der Waals surface area contributed by atoms with Crippen molar-refractivity contribution in [1.29, 1.82) is 0 Å². The number of halogens is 10. The molecule has 0 radical (unpaired) electrons. The first-order chi connectivity index (χ1) is 67.9. The minimum atomic E-state index is -5.54. The summed E-state index contributed by atoms with van der Waals surface area (Å²) in [7, 11) is 1.47. The molecule has 2 saturated heterocycles. The average molecular weight is 1530 g/mol. The quantitative estimate of drug-likeness (QED) is 0.0428. The molecule has 10 aromatic rings. The number of nitrogens with zero attached hydrogens (tertiary/aromatic N) is 6. The topological polar surface area (TPSA) is 110 Å². The second kappa shape index (κ2) is 34.9. The number of carbonyl (C=O) groups is 2. The van der Waals surface area contributed by atoms with Crippen LogP contribution < -0.4 is 10.9 Å². The average Bonchev–Trinajstić information content (AvgIpc) is 0.672. The zero-order chi connectivity index (χ0) is 115. The molecule has 2 amide bonds. The smallest absolute Gasteiger partial charge is 0.383 e. The summed E-state index contributed by atoms with van der Waals surface area (Å²) in [5, 5.41) is -4.30. The van der Waals surface area contributed by atoms with Gasteiger partial charge in [0.25, 0.3) is 0 Å². The second-order valence-electron chi connectivity index (χ2n) is 21.3. The number of rotatable bonds is 24. The number of alkyl halides is 6. The lowest BCUT2D eigenvalue weighted by molar-refractivity contribution is -0.138. The maximum atomic E-state index is 16.0. The molecule has 0 N–H and O–H groups in total. The normalized spacial score (nSPS) is 25.7. The Balaban J connectivity index is 0.000000291. The summed E-state index contributed by atoms with van der Waals surface area (Å²) in [5.74, 6) is -12.7. The van der Waals surface area contributed by atoms with E-state index >= 15 is 22.8 Å². The highest BCUT2D eigenvalue weighted by Crippen LogP contribution is 2.36. The lowest BCUT2D eigenvalue weighted by Crippen LogP contribution is -2.48. The van der Waals surface area contributed by atoms with Crippen LogP contribution in [0.25, 0.3) is 44.1 Å². The van der Waals surface area contributed by atoms with Crippen LogP contribution in [0.15, 0.2) is 207 Å². The SMILES string of the molecule is [2H]C([2H])(CN1C([2H])([2H])C([2H])([2H])C([2H])(N(Cc2ccc(-c3ccc(C(F)(F)F)cc3)cc2)C(=O)C([2H])([2H])n2c(SC([2H])([2H])c3cccc(F)c3F)cc(=O)c3ccccc32)C([2H])([2H])C1([2H])[2H])OC.[2H]c1c([2H])c(F)c(F)c(C([2H])([2H])Sc2c([2H])c(=O)c3c([2H])c([2H])c([2H])c([2H])c3n2C([2H])([2H])C(=O)N(Cc2c([2H])c([2H])c(-c3c([2H])c([2H])c(C(F)(F)F)c([2H])c3[2H])c([2H])c2C)C2([2H])C([2H])([2H])C([2H])([2H])N(CC([2H])([2H])OC)C([2H])([2H])C2([2H])[2H])c1[2H]. The van der Waals surface area contributed by atoms with Gasteiger partial charge in [-0.15, -0.1) is 23.5 Å². The minimum absolute atomic E-state index is 0.0720. The van der Waals surface area contributed by atoms with Crippen LogP contribution in [0.5, 0.6) is 0 Å². The molecule has 0 atom stereocenters. The van der Waals surface area contributed by atoms with Crippen LogP contribution in [0.2, 0.25) is 0 Å². The number of hydrogen-bond acceptors (Lipinski definition) is 10. The number of pyridine rings is 2. The van der Waals surface area contributed by atoms with Crippen LogP contribution >= 0.6 is 23.5 Å². The van der Waals surface area contributed by atoms with E-state index in [4.69, 9.17) is 42.5 Å². The molecule has 2 fully saturated rings. The van der Waals surface area contributed by atoms with Gasteiger partial charge in [0.1, 0.15) is 13.0 Å². The van der Waals surface area contributed by atoms with Crippen molar-refractivity contribution in [2.45, 2.75) is 104 Å². The molecule has 12 rings (SSSR count). The van der Waals surface area contributed by atoms with Gasteiger partial charge in [-0.3, -0.25) is 19.2 Å². The Hall–Kier alpha value is -9.04. The first-order valence-corrected chi connectivity index (χ1v) is 31.5. The molecule has 0 saturated carbocycles. The summed E-state index contributed by atoms with van der Waals surface area (Å²) in [4.78, 5) is 57.6. The van der Waals surface area contributed by atoms with Crippen LogP contribution in [0.1, 0.15) is 126 Å². The number of benzene rings is 8. The zero-order valence-corrected chi connectivity index (χ0v) is 55.4. The third kappa shape index (κ3) is 19.3. The highest BCUT2D eigenvalue weighted by atomic mass is 32.2. The van der Waals surface area contributed by atoms with Crippen molar-refractivity contribution in [3.05, 3.63) is 270 Å². The van der Waals surface area contributed by atoms with E-state index in [2.05, 4.69) is 9.47 Å². The van der Waals surface area contributed by atoms with Gasteiger partial charge in [0.05, 0.1) is 79.6 Å². The van der Waals surface area contributed by atoms with Gasteiger partial charge in [-0.05, 0) is 132 Å². The molecular weight excluding hydrogens is 1410 g/mol. The van der Waals surface area contributed by atoms with Crippen molar-refractivity contribution >= 4 is 57.1 Å². The second-order valence-corrected chi connectivity index (χ2v) is 22.9. The molecule has 2 aromatic heterocycles. The summed E-state index contributed by atoms with van der Waals surface area (Å²) in [6, 6.07) is -15.3. The molecular formula is C81H78F10N6O6S2. The van der Waals surface area contributed by atoms with E-state index < -0.39 is 373 Å². The van der Waals surface area contributed by atoms with E-state index in [1.807, 2.05) is 0 Å². The molecule has 0 aliphatic carbocycles. The van der Waals surface area contributed by atoms with E-state index in [1.54, 1.807) is 0 Å². The molecule has 12 nitrogen and oxygen atoms in total. The van der Waals surface area contributed by atoms with Gasteiger partial charge in [-0.1, -0.05) is 115 Å². The Kier molecular flexibility index (Phi) is 12.6. The third-order valence-corrected chi connectivity index (χ3v) is 16.1. The molecule has 2 aliphatic heterocycles. The van der Waals surface area contributed by atoms with E-state index in [0.717, 1.165) is 56.5 Å². The molecule has 8 aromatic carbocycles. The maximum Gasteiger partial charge on any atom is 0.416 e. The lowest BCUT2D eigenvalue weighted by atomic mass is 9.97.